The van der Waals surface area contributed by atoms with Gasteiger partial charge in [-0.05, 0) is 43.5 Å². The van der Waals surface area contributed by atoms with E-state index in [0.29, 0.717) is 6.54 Å². The fourth-order valence-electron chi connectivity index (χ4n) is 2.31. The third kappa shape index (κ3) is 2.98. The quantitative estimate of drug-likeness (QED) is 0.766. The molecular formula is C15H21NO2. The molecule has 98 valence electrons. The van der Waals surface area contributed by atoms with E-state index in [9.17, 15) is 4.79 Å². The molecule has 1 saturated heterocycles. The topological polar surface area (TPSA) is 29.5 Å². The second-order valence-electron chi connectivity index (χ2n) is 5.06. The summed E-state index contributed by atoms with van der Waals surface area (Å²) in [6.45, 7) is 9.84. The lowest BCUT2D eigenvalue weighted by molar-refractivity contribution is 0.0371. The van der Waals surface area contributed by atoms with E-state index in [1.165, 1.54) is 11.1 Å². The molecule has 0 bridgehead atoms. The number of aryl methyl sites for hydroxylation is 3. The van der Waals surface area contributed by atoms with Crippen LogP contribution >= 0.6 is 0 Å². The lowest BCUT2D eigenvalue weighted by Crippen LogP contribution is -2.39. The predicted molar refractivity (Wildman–Crippen MR) is 72.2 cm³/mol. The molecule has 1 aromatic carbocycles. The monoisotopic (exact) mass is 247 g/mol. The van der Waals surface area contributed by atoms with Gasteiger partial charge in [-0.15, -0.1) is 0 Å². The molecule has 1 heterocycles. The molecule has 0 spiro atoms. The largest absolute Gasteiger partial charge is 0.379 e. The van der Waals surface area contributed by atoms with Gasteiger partial charge >= 0.3 is 0 Å². The molecule has 3 heteroatoms. The Labute approximate surface area is 109 Å². The van der Waals surface area contributed by atoms with E-state index in [1.807, 2.05) is 13.0 Å². The zero-order valence-electron chi connectivity index (χ0n) is 11.5. The lowest BCUT2D eigenvalue weighted by atomic mass is 9.98. The van der Waals surface area contributed by atoms with Crippen LogP contribution in [0.4, 0.5) is 0 Å². The van der Waals surface area contributed by atoms with Crippen LogP contribution in [-0.4, -0.2) is 43.5 Å². The highest BCUT2D eigenvalue weighted by Gasteiger charge is 2.17. The maximum atomic E-state index is 12.3. The van der Waals surface area contributed by atoms with E-state index in [4.69, 9.17) is 4.74 Å². The number of hydrogen-bond acceptors (Lipinski definition) is 3. The van der Waals surface area contributed by atoms with Crippen LogP contribution in [0.5, 0.6) is 0 Å². The van der Waals surface area contributed by atoms with E-state index in [0.717, 1.165) is 37.4 Å². The maximum absolute atomic E-state index is 12.3. The average molecular weight is 247 g/mol. The SMILES string of the molecule is Cc1cc(C)c(C(=O)CN2CCOCC2)cc1C. The first-order valence-electron chi connectivity index (χ1n) is 6.49. The molecule has 1 aliphatic heterocycles. The van der Waals surface area contributed by atoms with Crippen LogP contribution in [-0.2, 0) is 4.74 Å². The van der Waals surface area contributed by atoms with Crippen LogP contribution < -0.4 is 0 Å². The van der Waals surface area contributed by atoms with E-state index in [-0.39, 0.29) is 5.78 Å². The van der Waals surface area contributed by atoms with Crippen LogP contribution in [0.25, 0.3) is 0 Å². The standard InChI is InChI=1S/C15H21NO2/c1-11-8-13(3)14(9-12(11)2)15(17)10-16-4-6-18-7-5-16/h8-9H,4-7,10H2,1-3H3. The Bertz CT molecular complexity index is 448. The summed E-state index contributed by atoms with van der Waals surface area (Å²) < 4.78 is 5.29. The van der Waals surface area contributed by atoms with E-state index in [2.05, 4.69) is 24.8 Å². The van der Waals surface area contributed by atoms with Gasteiger partial charge in [-0.25, -0.2) is 0 Å². The first kappa shape index (κ1) is 13.2. The van der Waals surface area contributed by atoms with Gasteiger partial charge in [0.05, 0.1) is 19.8 Å². The van der Waals surface area contributed by atoms with Crippen LogP contribution in [0.2, 0.25) is 0 Å². The van der Waals surface area contributed by atoms with Crippen molar-refractivity contribution in [2.75, 3.05) is 32.8 Å². The summed E-state index contributed by atoms with van der Waals surface area (Å²) in [5.41, 5.74) is 4.38. The van der Waals surface area contributed by atoms with Crippen molar-refractivity contribution in [1.29, 1.82) is 0 Å². The molecule has 0 N–H and O–H groups in total. The number of ether oxygens (including phenoxy) is 1. The smallest absolute Gasteiger partial charge is 0.177 e. The number of nitrogens with zero attached hydrogens (tertiary/aromatic N) is 1. The van der Waals surface area contributed by atoms with Gasteiger partial charge in [0.25, 0.3) is 0 Å². The van der Waals surface area contributed by atoms with Crippen molar-refractivity contribution in [2.24, 2.45) is 0 Å². The minimum absolute atomic E-state index is 0.220. The minimum Gasteiger partial charge on any atom is -0.379 e. The molecule has 0 unspecified atom stereocenters. The molecule has 1 fully saturated rings. The van der Waals surface area contributed by atoms with Crippen molar-refractivity contribution in [3.8, 4) is 0 Å². The fourth-order valence-corrected chi connectivity index (χ4v) is 2.31. The summed E-state index contributed by atoms with van der Waals surface area (Å²) in [4.78, 5) is 14.5. The number of carbonyl (C=O) groups is 1. The number of ketones is 1. The minimum atomic E-state index is 0.220. The van der Waals surface area contributed by atoms with Gasteiger partial charge in [0, 0.05) is 18.7 Å². The molecule has 0 aliphatic carbocycles. The van der Waals surface area contributed by atoms with Gasteiger partial charge in [0.15, 0.2) is 5.78 Å². The highest BCUT2D eigenvalue weighted by molar-refractivity contribution is 5.99. The van der Waals surface area contributed by atoms with E-state index >= 15 is 0 Å². The van der Waals surface area contributed by atoms with E-state index < -0.39 is 0 Å². The molecule has 0 saturated carbocycles. The molecule has 1 aromatic rings. The summed E-state index contributed by atoms with van der Waals surface area (Å²) in [6, 6.07) is 4.12. The van der Waals surface area contributed by atoms with Crippen molar-refractivity contribution in [1.82, 2.24) is 4.90 Å². The zero-order chi connectivity index (χ0) is 13.1. The number of morpholine rings is 1. The Balaban J connectivity index is 2.10. The molecule has 0 atom stereocenters. The van der Waals surface area contributed by atoms with E-state index in [1.54, 1.807) is 0 Å². The fraction of sp³-hybridized carbons (Fsp3) is 0.533. The Hall–Kier alpha value is -1.19. The molecule has 3 nitrogen and oxygen atoms in total. The van der Waals surface area contributed by atoms with Gasteiger partial charge in [0.2, 0.25) is 0 Å². The highest BCUT2D eigenvalue weighted by Crippen LogP contribution is 2.16. The third-order valence-electron chi connectivity index (χ3n) is 3.61. The van der Waals surface area contributed by atoms with Crippen molar-refractivity contribution >= 4 is 5.78 Å². The second-order valence-corrected chi connectivity index (χ2v) is 5.06. The molecule has 0 amide bonds. The molecule has 18 heavy (non-hydrogen) atoms. The highest BCUT2D eigenvalue weighted by atomic mass is 16.5. The van der Waals surface area contributed by atoms with Crippen molar-refractivity contribution < 1.29 is 9.53 Å². The van der Waals surface area contributed by atoms with Crippen LogP contribution in [0.15, 0.2) is 12.1 Å². The van der Waals surface area contributed by atoms with Crippen LogP contribution in [0.1, 0.15) is 27.0 Å². The van der Waals surface area contributed by atoms with Crippen molar-refractivity contribution in [3.63, 3.8) is 0 Å². The van der Waals surface area contributed by atoms with Gasteiger partial charge in [-0.3, -0.25) is 9.69 Å². The Kier molecular flexibility index (Phi) is 4.15. The first-order chi connectivity index (χ1) is 8.58. The molecule has 2 rings (SSSR count). The van der Waals surface area contributed by atoms with Crippen molar-refractivity contribution in [2.45, 2.75) is 20.8 Å². The molecule has 0 radical (unpaired) electrons. The van der Waals surface area contributed by atoms with Crippen LogP contribution in [0.3, 0.4) is 0 Å². The summed E-state index contributed by atoms with van der Waals surface area (Å²) >= 11 is 0. The van der Waals surface area contributed by atoms with Gasteiger partial charge in [-0.1, -0.05) is 6.07 Å². The summed E-state index contributed by atoms with van der Waals surface area (Å²) in [5, 5.41) is 0. The molecule has 0 aromatic heterocycles. The normalized spacial score (nSPS) is 16.8. The second kappa shape index (κ2) is 5.63. The number of carbonyl (C=O) groups excluding carboxylic acids is 1. The Morgan fingerprint density at radius 1 is 1.11 bits per heavy atom. The van der Waals surface area contributed by atoms with Gasteiger partial charge < -0.3 is 4.74 Å². The van der Waals surface area contributed by atoms with Gasteiger partial charge in [0.1, 0.15) is 0 Å². The Morgan fingerprint density at radius 2 is 1.72 bits per heavy atom. The predicted octanol–water partition coefficient (Wildman–Crippen LogP) is 2.13. The first-order valence-corrected chi connectivity index (χ1v) is 6.49. The summed E-state index contributed by atoms with van der Waals surface area (Å²) in [5.74, 6) is 0.220. The summed E-state index contributed by atoms with van der Waals surface area (Å²) in [6.07, 6.45) is 0. The average Bonchev–Trinajstić information content (AvgIpc) is 2.35. The summed E-state index contributed by atoms with van der Waals surface area (Å²) in [7, 11) is 0. The maximum Gasteiger partial charge on any atom is 0.177 e. The van der Waals surface area contributed by atoms with Crippen molar-refractivity contribution in [3.05, 3.63) is 34.4 Å². The van der Waals surface area contributed by atoms with Crippen LogP contribution in [0, 0.1) is 20.8 Å². The lowest BCUT2D eigenvalue weighted by Gasteiger charge is -2.26. The number of Topliss-reactive ketones (excluding diaryl/α,β-unsaturated/α-hetero) is 1. The molecule has 1 aliphatic rings. The van der Waals surface area contributed by atoms with Gasteiger partial charge in [-0.2, -0.15) is 0 Å². The zero-order valence-corrected chi connectivity index (χ0v) is 11.5. The number of benzene rings is 1. The number of rotatable bonds is 3. The Morgan fingerprint density at radius 3 is 2.39 bits per heavy atom. The molecular weight excluding hydrogens is 226 g/mol. The number of hydrogen-bond donors (Lipinski definition) is 0. The third-order valence-corrected chi connectivity index (χ3v) is 3.61.